The van der Waals surface area contributed by atoms with Crippen molar-refractivity contribution in [2.24, 2.45) is 5.92 Å². The first-order valence-corrected chi connectivity index (χ1v) is 11.2. The Balaban J connectivity index is 1.86. The van der Waals surface area contributed by atoms with Crippen LogP contribution in [-0.2, 0) is 21.2 Å². The number of nitro groups is 1. The molecule has 1 aliphatic rings. The molecule has 1 unspecified atom stereocenters. The van der Waals surface area contributed by atoms with Crippen LogP contribution in [0.5, 0.6) is 0 Å². The molecule has 0 aromatic heterocycles. The van der Waals surface area contributed by atoms with E-state index in [1.807, 2.05) is 18.2 Å². The lowest BCUT2D eigenvalue weighted by atomic mass is 9.93. The summed E-state index contributed by atoms with van der Waals surface area (Å²) >= 11 is 0. The molecular weight excluding hydrogens is 396 g/mol. The van der Waals surface area contributed by atoms with Gasteiger partial charge in [0.1, 0.15) is 0 Å². The number of nitrogens with zero attached hydrogens (tertiary/aromatic N) is 1. The van der Waals surface area contributed by atoms with Crippen LogP contribution in [0, 0.1) is 16.0 Å². The lowest BCUT2D eigenvalue weighted by Gasteiger charge is -2.20. The van der Waals surface area contributed by atoms with E-state index in [0.717, 1.165) is 18.4 Å². The number of non-ortho nitro benzene ring substituents is 1. The third-order valence-electron chi connectivity index (χ3n) is 4.64. The smallest absolute Gasteiger partial charge is 0.303 e. The number of aliphatic carboxylic acids is 1. The van der Waals surface area contributed by atoms with Gasteiger partial charge in [-0.05, 0) is 50.0 Å². The highest BCUT2D eigenvalue weighted by Gasteiger charge is 2.17. The van der Waals surface area contributed by atoms with Gasteiger partial charge in [-0.1, -0.05) is 30.4 Å². The van der Waals surface area contributed by atoms with Gasteiger partial charge in [0.05, 0.1) is 10.7 Å². The number of nitrogens with one attached hydrogen (secondary N) is 1. The molecule has 2 N–H and O–H groups in total. The summed E-state index contributed by atoms with van der Waals surface area (Å²) in [5.74, 6) is -0.764. The van der Waals surface area contributed by atoms with Gasteiger partial charge in [0.25, 0.3) is 5.69 Å². The van der Waals surface area contributed by atoms with Crippen molar-refractivity contribution >= 4 is 21.7 Å². The van der Waals surface area contributed by atoms with Crippen molar-refractivity contribution in [2.75, 3.05) is 5.75 Å². The number of sulfonamides is 1. The summed E-state index contributed by atoms with van der Waals surface area (Å²) in [5, 5.41) is 19.3. The van der Waals surface area contributed by atoms with Gasteiger partial charge in [-0.2, -0.15) is 0 Å². The zero-order valence-electron chi connectivity index (χ0n) is 16.1. The number of carbonyl (C=O) groups is 1. The zero-order chi connectivity index (χ0) is 21.3. The number of nitro benzene ring substituents is 1. The van der Waals surface area contributed by atoms with Crippen molar-refractivity contribution in [3.63, 3.8) is 0 Å². The molecule has 0 aliphatic heterocycles. The van der Waals surface area contributed by atoms with E-state index in [0.29, 0.717) is 25.0 Å². The molecule has 0 bridgehead atoms. The molecule has 8 nitrogen and oxygen atoms in total. The summed E-state index contributed by atoms with van der Waals surface area (Å²) < 4.78 is 27.4. The van der Waals surface area contributed by atoms with Crippen LogP contribution in [0.4, 0.5) is 5.69 Å². The lowest BCUT2D eigenvalue weighted by molar-refractivity contribution is -0.384. The van der Waals surface area contributed by atoms with E-state index >= 15 is 0 Å². The summed E-state index contributed by atoms with van der Waals surface area (Å²) in [5.41, 5.74) is 1.38. The minimum atomic E-state index is -3.51. The van der Waals surface area contributed by atoms with Gasteiger partial charge < -0.3 is 5.11 Å². The Morgan fingerprint density at radius 2 is 2.03 bits per heavy atom. The van der Waals surface area contributed by atoms with E-state index in [-0.39, 0.29) is 30.2 Å². The molecule has 0 spiro atoms. The second kappa shape index (κ2) is 10.8. The highest BCUT2D eigenvalue weighted by Crippen LogP contribution is 2.23. The quantitative estimate of drug-likeness (QED) is 0.243. The van der Waals surface area contributed by atoms with Crippen LogP contribution in [0.15, 0.2) is 48.2 Å². The lowest BCUT2D eigenvalue weighted by Crippen LogP contribution is -2.28. The van der Waals surface area contributed by atoms with E-state index in [9.17, 15) is 23.3 Å². The van der Waals surface area contributed by atoms with Gasteiger partial charge >= 0.3 is 5.97 Å². The Bertz CT molecular complexity index is 875. The predicted molar refractivity (Wildman–Crippen MR) is 110 cm³/mol. The monoisotopic (exact) mass is 422 g/mol. The van der Waals surface area contributed by atoms with Crippen molar-refractivity contribution < 1.29 is 23.2 Å². The molecule has 0 amide bonds. The molecule has 1 aromatic carbocycles. The van der Waals surface area contributed by atoms with E-state index in [2.05, 4.69) is 4.72 Å². The average molecular weight is 423 g/mol. The normalized spacial score (nSPS) is 17.1. The fourth-order valence-corrected chi connectivity index (χ4v) is 4.30. The summed E-state index contributed by atoms with van der Waals surface area (Å²) in [6.07, 6.45) is 10.0. The predicted octanol–water partition coefficient (Wildman–Crippen LogP) is 3.55. The number of unbranched alkanes of at least 4 members (excludes halogenated alkanes) is 1. The van der Waals surface area contributed by atoms with E-state index in [1.54, 1.807) is 12.1 Å². The van der Waals surface area contributed by atoms with Gasteiger partial charge in [0.2, 0.25) is 10.0 Å². The van der Waals surface area contributed by atoms with E-state index in [4.69, 9.17) is 5.11 Å². The summed E-state index contributed by atoms with van der Waals surface area (Å²) in [6.45, 7) is 0. The van der Waals surface area contributed by atoms with Gasteiger partial charge in [-0.25, -0.2) is 8.42 Å². The maximum Gasteiger partial charge on any atom is 0.303 e. The Morgan fingerprint density at radius 3 is 2.69 bits per heavy atom. The Hall–Kier alpha value is -2.68. The van der Waals surface area contributed by atoms with Crippen LogP contribution in [0.1, 0.15) is 44.1 Å². The van der Waals surface area contributed by atoms with Crippen molar-refractivity contribution in [3.05, 3.63) is 63.9 Å². The van der Waals surface area contributed by atoms with Gasteiger partial charge in [-0.3, -0.25) is 19.6 Å². The van der Waals surface area contributed by atoms with Crippen molar-refractivity contribution in [3.8, 4) is 0 Å². The first kappa shape index (κ1) is 22.6. The molecule has 1 aliphatic carbocycles. The molecule has 1 aromatic rings. The van der Waals surface area contributed by atoms with E-state index in [1.165, 1.54) is 12.1 Å². The third kappa shape index (κ3) is 8.47. The second-order valence-electron chi connectivity index (χ2n) is 7.06. The first-order valence-electron chi connectivity index (χ1n) is 9.58. The highest BCUT2D eigenvalue weighted by atomic mass is 32.2. The summed E-state index contributed by atoms with van der Waals surface area (Å²) in [6, 6.07) is 5.87. The number of hydrogen-bond donors (Lipinski definition) is 2. The van der Waals surface area contributed by atoms with Crippen molar-refractivity contribution in [1.29, 1.82) is 0 Å². The minimum absolute atomic E-state index is 0.0239. The molecule has 1 atom stereocenters. The third-order valence-corrected chi connectivity index (χ3v) is 5.95. The SMILES string of the molecule is O=C(O)CCCC=CC1C=C(NS(=O)(=O)CCc2ccc([N+](=O)[O-])cc2)CCC1. The van der Waals surface area contributed by atoms with Gasteiger partial charge in [-0.15, -0.1) is 0 Å². The van der Waals surface area contributed by atoms with Crippen LogP contribution in [0.3, 0.4) is 0 Å². The number of allylic oxidation sites excluding steroid dienone is 4. The number of carboxylic acids is 1. The average Bonchev–Trinajstić information content (AvgIpc) is 2.66. The second-order valence-corrected chi connectivity index (χ2v) is 8.90. The molecule has 0 fully saturated rings. The standard InChI is InChI=1S/C20H26N2O6S/c23-20(24)8-3-1-2-5-17-6-4-7-18(15-17)21-29(27,28)14-13-16-9-11-19(12-10-16)22(25)26/h2,5,9-12,15,17,21H,1,3-4,6-8,13-14H2,(H,23,24). The van der Waals surface area contributed by atoms with E-state index < -0.39 is 20.9 Å². The molecule has 158 valence electrons. The Morgan fingerprint density at radius 1 is 1.31 bits per heavy atom. The van der Waals surface area contributed by atoms with Crippen LogP contribution < -0.4 is 4.72 Å². The number of rotatable bonds is 11. The first-order chi connectivity index (χ1) is 13.7. The number of benzene rings is 1. The van der Waals surface area contributed by atoms with Gasteiger partial charge in [0, 0.05) is 24.3 Å². The van der Waals surface area contributed by atoms with Crippen LogP contribution in [0.2, 0.25) is 0 Å². The molecule has 29 heavy (non-hydrogen) atoms. The fraction of sp³-hybridized carbons (Fsp3) is 0.450. The fourth-order valence-electron chi connectivity index (χ4n) is 3.12. The molecular formula is C20H26N2O6S. The Kier molecular flexibility index (Phi) is 8.38. The molecule has 0 saturated heterocycles. The highest BCUT2D eigenvalue weighted by molar-refractivity contribution is 7.89. The largest absolute Gasteiger partial charge is 0.481 e. The van der Waals surface area contributed by atoms with Crippen LogP contribution >= 0.6 is 0 Å². The summed E-state index contributed by atoms with van der Waals surface area (Å²) in [7, 11) is -3.51. The molecule has 0 heterocycles. The molecule has 2 rings (SSSR count). The topological polar surface area (TPSA) is 127 Å². The van der Waals surface area contributed by atoms with Crippen LogP contribution in [-0.4, -0.2) is 30.2 Å². The summed E-state index contributed by atoms with van der Waals surface area (Å²) in [4.78, 5) is 20.7. The maximum atomic E-state index is 12.4. The molecule has 9 heteroatoms. The number of carboxylic acid groups (broad SMARTS) is 1. The van der Waals surface area contributed by atoms with Crippen molar-refractivity contribution in [1.82, 2.24) is 4.72 Å². The minimum Gasteiger partial charge on any atom is -0.481 e. The Labute approximate surface area is 170 Å². The maximum absolute atomic E-state index is 12.4. The number of hydrogen-bond acceptors (Lipinski definition) is 5. The molecule has 0 saturated carbocycles. The zero-order valence-corrected chi connectivity index (χ0v) is 16.9. The van der Waals surface area contributed by atoms with Crippen LogP contribution in [0.25, 0.3) is 0 Å². The van der Waals surface area contributed by atoms with Crippen molar-refractivity contribution in [2.45, 2.75) is 44.9 Å². The molecule has 0 radical (unpaired) electrons. The number of aryl methyl sites for hydroxylation is 1. The van der Waals surface area contributed by atoms with Gasteiger partial charge in [0.15, 0.2) is 0 Å².